The number of rotatable bonds is 5. The van der Waals surface area contributed by atoms with E-state index in [-0.39, 0.29) is 37.9 Å². The van der Waals surface area contributed by atoms with Crippen LogP contribution < -0.4 is 10.6 Å². The number of carbonyl (C=O) groups is 3. The zero-order valence-corrected chi connectivity index (χ0v) is 11.4. The molecular formula is C13H14ClN3O3. The van der Waals surface area contributed by atoms with Crippen LogP contribution in [0.15, 0.2) is 24.3 Å². The van der Waals surface area contributed by atoms with Gasteiger partial charge in [-0.25, -0.2) is 4.79 Å². The Labute approximate surface area is 121 Å². The fourth-order valence-electron chi connectivity index (χ4n) is 1.84. The molecule has 0 atom stereocenters. The quantitative estimate of drug-likeness (QED) is 0.779. The standard InChI is InChI=1S/C13H14ClN3O3/c14-10-3-1-9(2-4-10)7-11(18)15-5-6-17-12(19)8-16-13(17)20/h1-4H,5-8H2,(H,15,18)(H,16,20). The number of hydrogen-bond acceptors (Lipinski definition) is 3. The Morgan fingerprint density at radius 2 is 2.00 bits per heavy atom. The summed E-state index contributed by atoms with van der Waals surface area (Å²) in [5.41, 5.74) is 0.849. The molecule has 0 saturated carbocycles. The van der Waals surface area contributed by atoms with E-state index in [0.717, 1.165) is 10.5 Å². The number of nitrogens with one attached hydrogen (secondary N) is 2. The molecule has 1 saturated heterocycles. The van der Waals surface area contributed by atoms with Crippen molar-refractivity contribution >= 4 is 29.4 Å². The van der Waals surface area contributed by atoms with Crippen LogP contribution in [-0.2, 0) is 16.0 Å². The number of benzene rings is 1. The summed E-state index contributed by atoms with van der Waals surface area (Å²) in [6.45, 7) is 0.445. The maximum absolute atomic E-state index is 11.7. The maximum atomic E-state index is 11.7. The summed E-state index contributed by atoms with van der Waals surface area (Å²) < 4.78 is 0. The molecule has 106 valence electrons. The Bertz CT molecular complexity index is 514. The molecule has 0 unspecified atom stereocenters. The molecular weight excluding hydrogens is 282 g/mol. The first kappa shape index (κ1) is 14.3. The molecule has 0 bridgehead atoms. The molecule has 1 fully saturated rings. The minimum absolute atomic E-state index is 0.0254. The van der Waals surface area contributed by atoms with Crippen molar-refractivity contribution in [1.82, 2.24) is 15.5 Å². The second kappa shape index (κ2) is 6.38. The molecule has 2 N–H and O–H groups in total. The van der Waals surface area contributed by atoms with Gasteiger partial charge in [0.25, 0.3) is 0 Å². The van der Waals surface area contributed by atoms with Crippen molar-refractivity contribution < 1.29 is 14.4 Å². The minimum Gasteiger partial charge on any atom is -0.354 e. The molecule has 1 aromatic carbocycles. The van der Waals surface area contributed by atoms with Gasteiger partial charge >= 0.3 is 6.03 Å². The van der Waals surface area contributed by atoms with E-state index in [4.69, 9.17) is 11.6 Å². The van der Waals surface area contributed by atoms with Gasteiger partial charge in [0.05, 0.1) is 13.0 Å². The van der Waals surface area contributed by atoms with Gasteiger partial charge < -0.3 is 10.6 Å². The van der Waals surface area contributed by atoms with Gasteiger partial charge in [-0.1, -0.05) is 23.7 Å². The molecule has 20 heavy (non-hydrogen) atoms. The summed E-state index contributed by atoms with van der Waals surface area (Å²) in [7, 11) is 0. The molecule has 0 aliphatic carbocycles. The molecule has 0 aromatic heterocycles. The predicted octanol–water partition coefficient (Wildman–Crippen LogP) is 0.550. The highest BCUT2D eigenvalue weighted by atomic mass is 35.5. The molecule has 6 nitrogen and oxygen atoms in total. The second-order valence-corrected chi connectivity index (χ2v) is 4.79. The topological polar surface area (TPSA) is 78.5 Å². The van der Waals surface area contributed by atoms with Gasteiger partial charge in [0.2, 0.25) is 11.8 Å². The Kier molecular flexibility index (Phi) is 4.57. The highest BCUT2D eigenvalue weighted by Crippen LogP contribution is 2.09. The summed E-state index contributed by atoms with van der Waals surface area (Å²) in [6, 6.07) is 6.58. The number of imide groups is 1. The lowest BCUT2D eigenvalue weighted by Gasteiger charge is -2.12. The van der Waals surface area contributed by atoms with Crippen LogP contribution in [0.5, 0.6) is 0 Å². The smallest absolute Gasteiger partial charge is 0.324 e. The van der Waals surface area contributed by atoms with Crippen molar-refractivity contribution in [3.05, 3.63) is 34.9 Å². The predicted molar refractivity (Wildman–Crippen MR) is 73.3 cm³/mol. The van der Waals surface area contributed by atoms with E-state index in [9.17, 15) is 14.4 Å². The number of halogens is 1. The lowest BCUT2D eigenvalue weighted by Crippen LogP contribution is -2.39. The van der Waals surface area contributed by atoms with Gasteiger partial charge in [0, 0.05) is 18.1 Å². The Morgan fingerprint density at radius 3 is 2.60 bits per heavy atom. The van der Waals surface area contributed by atoms with Crippen molar-refractivity contribution in [2.75, 3.05) is 19.6 Å². The van der Waals surface area contributed by atoms with E-state index in [2.05, 4.69) is 10.6 Å². The Balaban J connectivity index is 1.74. The average molecular weight is 296 g/mol. The molecule has 4 amide bonds. The van der Waals surface area contributed by atoms with Crippen LogP contribution in [0.2, 0.25) is 5.02 Å². The normalized spacial score (nSPS) is 14.3. The summed E-state index contributed by atoms with van der Waals surface area (Å²) in [4.78, 5) is 35.3. The van der Waals surface area contributed by atoms with Gasteiger partial charge in [0.1, 0.15) is 0 Å². The van der Waals surface area contributed by atoms with Crippen LogP contribution in [0.3, 0.4) is 0 Å². The van der Waals surface area contributed by atoms with Gasteiger partial charge in [-0.05, 0) is 17.7 Å². The monoisotopic (exact) mass is 295 g/mol. The van der Waals surface area contributed by atoms with E-state index >= 15 is 0 Å². The fourth-order valence-corrected chi connectivity index (χ4v) is 1.96. The highest BCUT2D eigenvalue weighted by Gasteiger charge is 2.27. The summed E-state index contributed by atoms with van der Waals surface area (Å²) >= 11 is 5.76. The summed E-state index contributed by atoms with van der Waals surface area (Å²) in [5, 5.41) is 5.70. The lowest BCUT2D eigenvalue weighted by atomic mass is 10.1. The highest BCUT2D eigenvalue weighted by molar-refractivity contribution is 6.30. The first-order valence-corrected chi connectivity index (χ1v) is 6.53. The van der Waals surface area contributed by atoms with Gasteiger partial charge in [0.15, 0.2) is 0 Å². The zero-order chi connectivity index (χ0) is 14.5. The van der Waals surface area contributed by atoms with Crippen LogP contribution in [-0.4, -0.2) is 42.4 Å². The van der Waals surface area contributed by atoms with Gasteiger partial charge in [-0.3, -0.25) is 14.5 Å². The maximum Gasteiger partial charge on any atom is 0.324 e. The number of hydrogen-bond donors (Lipinski definition) is 2. The average Bonchev–Trinajstić information content (AvgIpc) is 2.73. The molecule has 1 aliphatic heterocycles. The molecule has 1 aliphatic rings. The minimum atomic E-state index is -0.415. The van der Waals surface area contributed by atoms with Crippen molar-refractivity contribution in [1.29, 1.82) is 0 Å². The SMILES string of the molecule is O=C(Cc1ccc(Cl)cc1)NCCN1C(=O)CNC1=O. The van der Waals surface area contributed by atoms with E-state index in [1.165, 1.54) is 0 Å². The Morgan fingerprint density at radius 1 is 1.30 bits per heavy atom. The van der Waals surface area contributed by atoms with E-state index < -0.39 is 6.03 Å². The second-order valence-electron chi connectivity index (χ2n) is 4.36. The van der Waals surface area contributed by atoms with E-state index in [1.54, 1.807) is 24.3 Å². The van der Waals surface area contributed by atoms with Gasteiger partial charge in [-0.2, -0.15) is 0 Å². The largest absolute Gasteiger partial charge is 0.354 e. The summed E-state index contributed by atoms with van der Waals surface area (Å²) in [6.07, 6.45) is 0.233. The Hall–Kier alpha value is -2.08. The third kappa shape index (κ3) is 3.71. The van der Waals surface area contributed by atoms with Crippen molar-refractivity contribution in [2.45, 2.75) is 6.42 Å². The first-order valence-electron chi connectivity index (χ1n) is 6.15. The van der Waals surface area contributed by atoms with Crippen LogP contribution in [0, 0.1) is 0 Å². The molecule has 0 radical (unpaired) electrons. The molecule has 1 aromatic rings. The molecule has 1 heterocycles. The first-order chi connectivity index (χ1) is 9.56. The summed E-state index contributed by atoms with van der Waals surface area (Å²) in [5.74, 6) is -0.443. The van der Waals surface area contributed by atoms with Crippen molar-refractivity contribution in [3.8, 4) is 0 Å². The number of urea groups is 1. The zero-order valence-electron chi connectivity index (χ0n) is 10.7. The molecule has 7 heteroatoms. The van der Waals surface area contributed by atoms with Crippen LogP contribution in [0.1, 0.15) is 5.56 Å². The number of nitrogens with zero attached hydrogens (tertiary/aromatic N) is 1. The third-order valence-electron chi connectivity index (χ3n) is 2.87. The van der Waals surface area contributed by atoms with Gasteiger partial charge in [-0.15, -0.1) is 0 Å². The molecule has 0 spiro atoms. The number of amides is 4. The van der Waals surface area contributed by atoms with Crippen molar-refractivity contribution in [3.63, 3.8) is 0 Å². The fraction of sp³-hybridized carbons (Fsp3) is 0.308. The molecule has 2 rings (SSSR count). The van der Waals surface area contributed by atoms with Crippen LogP contribution in [0.4, 0.5) is 4.79 Å². The lowest BCUT2D eigenvalue weighted by molar-refractivity contribution is -0.125. The van der Waals surface area contributed by atoms with E-state index in [0.29, 0.717) is 5.02 Å². The third-order valence-corrected chi connectivity index (χ3v) is 3.12. The van der Waals surface area contributed by atoms with E-state index in [1.807, 2.05) is 0 Å². The van der Waals surface area contributed by atoms with Crippen molar-refractivity contribution in [2.24, 2.45) is 0 Å². The van der Waals surface area contributed by atoms with Crippen LogP contribution >= 0.6 is 11.6 Å². The van der Waals surface area contributed by atoms with Crippen LogP contribution in [0.25, 0.3) is 0 Å². The number of carbonyl (C=O) groups excluding carboxylic acids is 3.